The largest absolute Gasteiger partial charge is 0.497 e. The Balaban J connectivity index is 1.59. The second-order valence-electron chi connectivity index (χ2n) is 7.81. The highest BCUT2D eigenvalue weighted by Crippen LogP contribution is 2.33. The van der Waals surface area contributed by atoms with Crippen LogP contribution in [-0.4, -0.2) is 43.9 Å². The van der Waals surface area contributed by atoms with Crippen molar-refractivity contribution in [3.8, 4) is 17.0 Å². The number of aryl methyl sites for hydroxylation is 3. The molecule has 4 rings (SSSR count). The standard InChI is InChI=1S/C23H23F3N6O2/c1-14-11-15(2)31(30-14)10-4-9-27-22(33)18-13-28-32-20(23(24,25)26)12-19(29-21(18)32)16-5-7-17(34-3)8-6-16/h5-8,11-13H,4,9-10H2,1-3H3,(H,27,33). The highest BCUT2D eigenvalue weighted by molar-refractivity contribution is 5.99. The van der Waals surface area contributed by atoms with Crippen molar-refractivity contribution in [2.45, 2.75) is 33.0 Å². The third-order valence-electron chi connectivity index (χ3n) is 5.33. The van der Waals surface area contributed by atoms with Gasteiger partial charge in [0.1, 0.15) is 11.3 Å². The lowest BCUT2D eigenvalue weighted by Gasteiger charge is -2.12. The first-order valence-corrected chi connectivity index (χ1v) is 10.6. The Bertz CT molecular complexity index is 1330. The van der Waals surface area contributed by atoms with Gasteiger partial charge >= 0.3 is 6.18 Å². The Hall–Kier alpha value is -3.89. The summed E-state index contributed by atoms with van der Waals surface area (Å²) in [7, 11) is 1.50. The molecule has 0 saturated heterocycles. The summed E-state index contributed by atoms with van der Waals surface area (Å²) in [5.74, 6) is 0.0154. The van der Waals surface area contributed by atoms with Crippen molar-refractivity contribution >= 4 is 11.6 Å². The van der Waals surface area contributed by atoms with E-state index >= 15 is 0 Å². The third-order valence-corrected chi connectivity index (χ3v) is 5.33. The van der Waals surface area contributed by atoms with E-state index in [1.807, 2.05) is 24.6 Å². The summed E-state index contributed by atoms with van der Waals surface area (Å²) in [4.78, 5) is 17.1. The van der Waals surface area contributed by atoms with Crippen LogP contribution in [0.3, 0.4) is 0 Å². The molecule has 0 radical (unpaired) electrons. The number of hydrogen-bond acceptors (Lipinski definition) is 5. The maximum Gasteiger partial charge on any atom is 0.433 e. The van der Waals surface area contributed by atoms with E-state index in [0.29, 0.717) is 35.3 Å². The first kappa shape index (κ1) is 23.3. The van der Waals surface area contributed by atoms with Crippen LogP contribution in [0, 0.1) is 13.8 Å². The zero-order valence-electron chi connectivity index (χ0n) is 18.8. The van der Waals surface area contributed by atoms with Crippen LogP contribution in [0.4, 0.5) is 13.2 Å². The Morgan fingerprint density at radius 2 is 1.88 bits per heavy atom. The van der Waals surface area contributed by atoms with Gasteiger partial charge in [-0.15, -0.1) is 0 Å². The fourth-order valence-corrected chi connectivity index (χ4v) is 3.66. The van der Waals surface area contributed by atoms with Crippen LogP contribution in [0.2, 0.25) is 0 Å². The minimum atomic E-state index is -4.69. The number of benzene rings is 1. The molecule has 0 atom stereocenters. The van der Waals surface area contributed by atoms with Crippen LogP contribution in [0.1, 0.15) is 33.9 Å². The van der Waals surface area contributed by atoms with E-state index in [1.54, 1.807) is 24.3 Å². The predicted molar refractivity (Wildman–Crippen MR) is 119 cm³/mol. The average Bonchev–Trinajstić information content (AvgIpc) is 3.37. The number of halogens is 3. The highest BCUT2D eigenvalue weighted by atomic mass is 19.4. The van der Waals surface area contributed by atoms with Crippen molar-refractivity contribution < 1.29 is 22.7 Å². The first-order valence-electron chi connectivity index (χ1n) is 10.6. The van der Waals surface area contributed by atoms with Gasteiger partial charge in [-0.1, -0.05) is 0 Å². The molecular weight excluding hydrogens is 449 g/mol. The Labute approximate surface area is 193 Å². The van der Waals surface area contributed by atoms with Crippen molar-refractivity contribution in [1.82, 2.24) is 29.7 Å². The number of fused-ring (bicyclic) bond motifs is 1. The van der Waals surface area contributed by atoms with Crippen molar-refractivity contribution in [3.05, 3.63) is 65.2 Å². The van der Waals surface area contributed by atoms with Gasteiger partial charge < -0.3 is 10.1 Å². The number of amides is 1. The number of hydrogen-bond donors (Lipinski definition) is 1. The van der Waals surface area contributed by atoms with E-state index in [-0.39, 0.29) is 16.9 Å². The molecular formula is C23H23F3N6O2. The summed E-state index contributed by atoms with van der Waals surface area (Å²) in [5, 5.41) is 10.9. The molecule has 0 unspecified atom stereocenters. The number of rotatable bonds is 7. The highest BCUT2D eigenvalue weighted by Gasteiger charge is 2.36. The van der Waals surface area contributed by atoms with Crippen LogP contribution < -0.4 is 10.1 Å². The number of nitrogens with zero attached hydrogens (tertiary/aromatic N) is 5. The number of ether oxygens (including phenoxy) is 1. The van der Waals surface area contributed by atoms with E-state index < -0.39 is 17.8 Å². The Morgan fingerprint density at radius 1 is 1.15 bits per heavy atom. The SMILES string of the molecule is COc1ccc(-c2cc(C(F)(F)F)n3ncc(C(=O)NCCCn4nc(C)cc4C)c3n2)cc1. The van der Waals surface area contributed by atoms with Gasteiger partial charge in [0, 0.05) is 24.3 Å². The topological polar surface area (TPSA) is 86.3 Å². The molecule has 3 aromatic heterocycles. The Kier molecular flexibility index (Phi) is 6.27. The van der Waals surface area contributed by atoms with E-state index in [9.17, 15) is 18.0 Å². The summed E-state index contributed by atoms with van der Waals surface area (Å²) in [5.41, 5.74) is 1.22. The minimum absolute atomic E-state index is 0.0352. The molecule has 1 N–H and O–H groups in total. The monoisotopic (exact) mass is 472 g/mol. The smallest absolute Gasteiger partial charge is 0.433 e. The second-order valence-corrected chi connectivity index (χ2v) is 7.81. The molecule has 34 heavy (non-hydrogen) atoms. The number of nitrogens with one attached hydrogen (secondary N) is 1. The van der Waals surface area contributed by atoms with Gasteiger partial charge in [-0.3, -0.25) is 9.48 Å². The van der Waals surface area contributed by atoms with Crippen molar-refractivity contribution in [1.29, 1.82) is 0 Å². The minimum Gasteiger partial charge on any atom is -0.497 e. The van der Waals surface area contributed by atoms with Gasteiger partial charge in [0.15, 0.2) is 11.3 Å². The molecule has 0 bridgehead atoms. The van der Waals surface area contributed by atoms with Gasteiger partial charge in [0.2, 0.25) is 0 Å². The van der Waals surface area contributed by atoms with Crippen LogP contribution >= 0.6 is 0 Å². The zero-order valence-corrected chi connectivity index (χ0v) is 18.8. The second kappa shape index (κ2) is 9.16. The quantitative estimate of drug-likeness (QED) is 0.410. The number of methoxy groups -OCH3 is 1. The maximum atomic E-state index is 13.8. The summed E-state index contributed by atoms with van der Waals surface area (Å²) in [6, 6.07) is 9.34. The van der Waals surface area contributed by atoms with Gasteiger partial charge in [-0.2, -0.15) is 23.4 Å². The lowest BCUT2D eigenvalue weighted by Crippen LogP contribution is -2.25. The number of alkyl halides is 3. The van der Waals surface area contributed by atoms with Crippen molar-refractivity contribution in [3.63, 3.8) is 0 Å². The number of aromatic nitrogens is 5. The Morgan fingerprint density at radius 3 is 2.50 bits per heavy atom. The van der Waals surface area contributed by atoms with Crippen molar-refractivity contribution in [2.24, 2.45) is 0 Å². The maximum absolute atomic E-state index is 13.8. The summed E-state index contributed by atoms with van der Waals surface area (Å²) < 4.78 is 48.9. The lowest BCUT2D eigenvalue weighted by atomic mass is 10.1. The molecule has 0 spiro atoms. The van der Waals surface area contributed by atoms with Crippen LogP contribution in [-0.2, 0) is 12.7 Å². The van der Waals surface area contributed by atoms with E-state index in [0.717, 1.165) is 23.7 Å². The van der Waals surface area contributed by atoms with Gasteiger partial charge in [-0.05, 0) is 56.7 Å². The van der Waals surface area contributed by atoms with Gasteiger partial charge in [0.05, 0.1) is 24.7 Å². The van der Waals surface area contributed by atoms with E-state index in [1.165, 1.54) is 7.11 Å². The molecule has 1 amide bonds. The number of carbonyl (C=O) groups excluding carboxylic acids is 1. The molecule has 0 saturated carbocycles. The summed E-state index contributed by atoms with van der Waals surface area (Å²) >= 11 is 0. The molecule has 4 aromatic rings. The van der Waals surface area contributed by atoms with Gasteiger partial charge in [-0.25, -0.2) is 9.50 Å². The molecule has 0 fully saturated rings. The van der Waals surface area contributed by atoms with Crippen LogP contribution in [0.5, 0.6) is 5.75 Å². The molecule has 3 heterocycles. The molecule has 0 aliphatic carbocycles. The molecule has 178 valence electrons. The fraction of sp³-hybridized carbons (Fsp3) is 0.304. The first-order chi connectivity index (χ1) is 16.2. The van der Waals surface area contributed by atoms with Gasteiger partial charge in [0.25, 0.3) is 5.91 Å². The summed E-state index contributed by atoms with van der Waals surface area (Å²) in [6.45, 7) is 4.77. The molecule has 1 aromatic carbocycles. The molecule has 0 aliphatic heterocycles. The van der Waals surface area contributed by atoms with Crippen LogP contribution in [0.15, 0.2) is 42.6 Å². The fourth-order valence-electron chi connectivity index (χ4n) is 3.66. The van der Waals surface area contributed by atoms with E-state index in [4.69, 9.17) is 4.74 Å². The van der Waals surface area contributed by atoms with E-state index in [2.05, 4.69) is 20.5 Å². The third kappa shape index (κ3) is 4.73. The normalized spacial score (nSPS) is 11.7. The zero-order chi connectivity index (χ0) is 24.5. The molecule has 8 nitrogen and oxygen atoms in total. The van der Waals surface area contributed by atoms with Crippen LogP contribution in [0.25, 0.3) is 16.9 Å². The average molecular weight is 472 g/mol. The number of carbonyl (C=O) groups is 1. The predicted octanol–water partition coefficient (Wildman–Crippen LogP) is 4.06. The lowest BCUT2D eigenvalue weighted by molar-refractivity contribution is -0.142. The van der Waals surface area contributed by atoms with Crippen molar-refractivity contribution in [2.75, 3.05) is 13.7 Å². The molecule has 0 aliphatic rings. The summed E-state index contributed by atoms with van der Waals surface area (Å²) in [6.07, 6.45) is -2.99. The molecule has 11 heteroatoms.